The predicted molar refractivity (Wildman–Crippen MR) is 73.2 cm³/mol. The van der Waals surface area contributed by atoms with Crippen molar-refractivity contribution in [3.63, 3.8) is 0 Å². The second kappa shape index (κ2) is 4.52. The number of hydrogen-bond donors (Lipinski definition) is 0. The minimum absolute atomic E-state index is 0.0953. The number of carbonyl (C=O) groups excluding carboxylic acids is 2. The average molecular weight is 341 g/mol. The quantitative estimate of drug-likeness (QED) is 0.808. The lowest BCUT2D eigenvalue weighted by molar-refractivity contribution is -0.310. The zero-order valence-corrected chi connectivity index (χ0v) is 12.4. The fourth-order valence-electron chi connectivity index (χ4n) is 2.83. The van der Waals surface area contributed by atoms with E-state index in [0.717, 1.165) is 10.0 Å². The SMILES string of the molecule is O=C([O-])[C@H]1CS[C@]2(c3ccc(Br)cc3)CCC(=O)N12. The molecule has 2 aliphatic heterocycles. The van der Waals surface area contributed by atoms with Crippen LogP contribution in [0.1, 0.15) is 18.4 Å². The molecule has 1 aromatic carbocycles. The van der Waals surface area contributed by atoms with Crippen molar-refractivity contribution in [1.82, 2.24) is 4.90 Å². The van der Waals surface area contributed by atoms with E-state index in [2.05, 4.69) is 15.9 Å². The second-order valence-corrected chi connectivity index (χ2v) is 6.91. The van der Waals surface area contributed by atoms with Gasteiger partial charge in [0.1, 0.15) is 4.87 Å². The van der Waals surface area contributed by atoms with E-state index in [-0.39, 0.29) is 5.91 Å². The first kappa shape index (κ1) is 13.0. The lowest BCUT2D eigenvalue weighted by Gasteiger charge is -2.34. The average Bonchev–Trinajstić information content (AvgIpc) is 2.90. The molecule has 0 aliphatic carbocycles. The summed E-state index contributed by atoms with van der Waals surface area (Å²) in [6, 6.07) is 6.90. The highest BCUT2D eigenvalue weighted by Gasteiger charge is 2.55. The highest BCUT2D eigenvalue weighted by Crippen LogP contribution is 2.54. The van der Waals surface area contributed by atoms with Crippen LogP contribution in [0.5, 0.6) is 0 Å². The van der Waals surface area contributed by atoms with Crippen molar-refractivity contribution in [1.29, 1.82) is 0 Å². The van der Waals surface area contributed by atoms with Crippen LogP contribution in [0.25, 0.3) is 0 Å². The molecule has 0 radical (unpaired) electrons. The first-order valence-electron chi connectivity index (χ1n) is 5.97. The topological polar surface area (TPSA) is 60.4 Å². The molecular formula is C13H11BrNO3S-. The third-order valence-electron chi connectivity index (χ3n) is 3.69. The first-order valence-corrected chi connectivity index (χ1v) is 7.75. The Morgan fingerprint density at radius 3 is 2.74 bits per heavy atom. The molecular weight excluding hydrogens is 330 g/mol. The summed E-state index contributed by atoms with van der Waals surface area (Å²) in [5, 5.41) is 11.2. The Balaban J connectivity index is 2.05. The molecule has 2 saturated heterocycles. The minimum Gasteiger partial charge on any atom is -0.548 e. The number of amides is 1. The summed E-state index contributed by atoms with van der Waals surface area (Å²) in [4.78, 5) is 24.2. The van der Waals surface area contributed by atoms with Gasteiger partial charge in [0.2, 0.25) is 5.91 Å². The molecule has 0 spiro atoms. The van der Waals surface area contributed by atoms with Crippen LogP contribution < -0.4 is 5.11 Å². The molecule has 2 heterocycles. The van der Waals surface area contributed by atoms with Crippen LogP contribution in [0, 0.1) is 0 Å². The first-order chi connectivity index (χ1) is 9.04. The van der Waals surface area contributed by atoms with Gasteiger partial charge in [-0.15, -0.1) is 11.8 Å². The lowest BCUT2D eigenvalue weighted by Crippen LogP contribution is -2.50. The predicted octanol–water partition coefficient (Wildman–Crippen LogP) is 1.09. The van der Waals surface area contributed by atoms with Crippen LogP contribution in [0.2, 0.25) is 0 Å². The van der Waals surface area contributed by atoms with Gasteiger partial charge >= 0.3 is 0 Å². The summed E-state index contributed by atoms with van der Waals surface area (Å²) in [7, 11) is 0. The number of hydrogen-bond acceptors (Lipinski definition) is 4. The Morgan fingerprint density at radius 2 is 2.11 bits per heavy atom. The second-order valence-electron chi connectivity index (χ2n) is 4.70. The van der Waals surface area contributed by atoms with Crippen LogP contribution in [-0.2, 0) is 14.5 Å². The molecule has 0 unspecified atom stereocenters. The molecule has 0 aromatic heterocycles. The van der Waals surface area contributed by atoms with E-state index >= 15 is 0 Å². The number of carboxylic acid groups (broad SMARTS) is 1. The molecule has 0 N–H and O–H groups in total. The third-order valence-corrected chi connectivity index (χ3v) is 5.82. The number of aliphatic carboxylic acids is 1. The Kier molecular flexibility index (Phi) is 3.09. The molecule has 100 valence electrons. The molecule has 2 aliphatic rings. The van der Waals surface area contributed by atoms with Gasteiger partial charge in [0.15, 0.2) is 0 Å². The summed E-state index contributed by atoms with van der Waals surface area (Å²) < 4.78 is 0.961. The number of carboxylic acids is 1. The molecule has 0 bridgehead atoms. The van der Waals surface area contributed by atoms with Crippen LogP contribution >= 0.6 is 27.7 Å². The summed E-state index contributed by atoms with van der Waals surface area (Å²) in [5.74, 6) is -0.867. The number of nitrogens with zero attached hydrogens (tertiary/aromatic N) is 1. The molecule has 0 saturated carbocycles. The molecule has 3 rings (SSSR count). The van der Waals surface area contributed by atoms with Gasteiger partial charge in [-0.1, -0.05) is 28.1 Å². The monoisotopic (exact) mass is 340 g/mol. The Hall–Kier alpha value is -1.01. The van der Waals surface area contributed by atoms with Crippen LogP contribution in [0.4, 0.5) is 0 Å². The highest BCUT2D eigenvalue weighted by molar-refractivity contribution is 9.10. The Morgan fingerprint density at radius 1 is 1.42 bits per heavy atom. The summed E-state index contributed by atoms with van der Waals surface area (Å²) in [6.07, 6.45) is 1.05. The standard InChI is InChI=1S/C13H12BrNO3S/c14-9-3-1-8(2-4-9)13-6-5-11(16)15(13)10(7-19-13)12(17)18/h1-4,10H,5-7H2,(H,17,18)/p-1/t10-,13+/m1/s1. The molecule has 2 atom stereocenters. The van der Waals surface area contributed by atoms with Gasteiger partial charge in [-0.25, -0.2) is 0 Å². The molecule has 1 amide bonds. The van der Waals surface area contributed by atoms with Crippen molar-refractivity contribution in [3.05, 3.63) is 34.3 Å². The van der Waals surface area contributed by atoms with Crippen LogP contribution in [0.3, 0.4) is 0 Å². The third kappa shape index (κ3) is 1.89. The van der Waals surface area contributed by atoms with E-state index in [0.29, 0.717) is 18.6 Å². The van der Waals surface area contributed by atoms with E-state index < -0.39 is 16.9 Å². The van der Waals surface area contributed by atoms with E-state index in [1.807, 2.05) is 24.3 Å². The molecule has 4 nitrogen and oxygen atoms in total. The zero-order chi connectivity index (χ0) is 13.6. The van der Waals surface area contributed by atoms with E-state index in [4.69, 9.17) is 0 Å². The van der Waals surface area contributed by atoms with Crippen molar-refractivity contribution in [2.24, 2.45) is 0 Å². The maximum atomic E-state index is 12.0. The largest absolute Gasteiger partial charge is 0.548 e. The van der Waals surface area contributed by atoms with E-state index in [1.54, 1.807) is 0 Å². The number of rotatable bonds is 2. The zero-order valence-electron chi connectivity index (χ0n) is 9.97. The van der Waals surface area contributed by atoms with Gasteiger partial charge in [-0.3, -0.25) is 4.79 Å². The molecule has 19 heavy (non-hydrogen) atoms. The smallest absolute Gasteiger partial charge is 0.224 e. The van der Waals surface area contributed by atoms with Crippen molar-refractivity contribution < 1.29 is 14.7 Å². The highest BCUT2D eigenvalue weighted by atomic mass is 79.9. The van der Waals surface area contributed by atoms with E-state index in [1.165, 1.54) is 16.7 Å². The van der Waals surface area contributed by atoms with Gasteiger partial charge in [0.25, 0.3) is 0 Å². The van der Waals surface area contributed by atoms with Gasteiger partial charge in [-0.2, -0.15) is 0 Å². The number of carbonyl (C=O) groups is 2. The Bertz CT molecular complexity index is 547. The van der Waals surface area contributed by atoms with Crippen molar-refractivity contribution in [2.45, 2.75) is 23.8 Å². The number of thioether (sulfide) groups is 1. The molecule has 6 heteroatoms. The fraction of sp³-hybridized carbons (Fsp3) is 0.385. The number of fused-ring (bicyclic) bond motifs is 1. The fourth-order valence-corrected chi connectivity index (χ4v) is 4.73. The van der Waals surface area contributed by atoms with Crippen molar-refractivity contribution in [3.8, 4) is 0 Å². The summed E-state index contributed by atoms with van der Waals surface area (Å²) in [5.41, 5.74) is 0.982. The van der Waals surface area contributed by atoms with Crippen LogP contribution in [0.15, 0.2) is 28.7 Å². The van der Waals surface area contributed by atoms with Gasteiger partial charge < -0.3 is 14.8 Å². The van der Waals surface area contributed by atoms with Crippen molar-refractivity contribution >= 4 is 39.6 Å². The van der Waals surface area contributed by atoms with Gasteiger partial charge in [-0.05, 0) is 24.1 Å². The number of halogens is 1. The molecule has 2 fully saturated rings. The Labute approximate surface area is 123 Å². The van der Waals surface area contributed by atoms with Crippen molar-refractivity contribution in [2.75, 3.05) is 5.75 Å². The lowest BCUT2D eigenvalue weighted by atomic mass is 10.0. The van der Waals surface area contributed by atoms with Gasteiger partial charge in [0.05, 0.1) is 12.0 Å². The summed E-state index contributed by atoms with van der Waals surface area (Å²) >= 11 is 4.91. The number of benzene rings is 1. The maximum absolute atomic E-state index is 12.0. The van der Waals surface area contributed by atoms with E-state index in [9.17, 15) is 14.7 Å². The normalized spacial score (nSPS) is 29.6. The van der Waals surface area contributed by atoms with Crippen LogP contribution in [-0.4, -0.2) is 28.6 Å². The molecule has 1 aromatic rings. The maximum Gasteiger partial charge on any atom is 0.224 e. The minimum atomic E-state index is -1.17. The summed E-state index contributed by atoms with van der Waals surface area (Å²) in [6.45, 7) is 0. The van der Waals surface area contributed by atoms with Gasteiger partial charge in [0, 0.05) is 16.6 Å².